The second kappa shape index (κ2) is 2.12. The van der Waals surface area contributed by atoms with E-state index in [1.165, 1.54) is 6.08 Å². The first-order valence-electron chi connectivity index (χ1n) is 2.83. The summed E-state index contributed by atoms with van der Waals surface area (Å²) in [6.45, 7) is 2.07. The highest BCUT2D eigenvalue weighted by Crippen LogP contribution is 2.15. The monoisotopic (exact) mass is 112 g/mol. The highest BCUT2D eigenvalue weighted by molar-refractivity contribution is 5.16. The third-order valence-electron chi connectivity index (χ3n) is 1.27. The minimum atomic E-state index is -0.0944. The number of hydrogen-bond donors (Lipinski definition) is 0. The van der Waals surface area contributed by atoms with Crippen molar-refractivity contribution in [3.05, 3.63) is 24.1 Å². The van der Waals surface area contributed by atoms with Crippen molar-refractivity contribution in [2.75, 3.05) is 0 Å². The quantitative estimate of drug-likeness (QED) is 0.451. The van der Waals surface area contributed by atoms with Gasteiger partial charge in [-0.25, -0.2) is 4.39 Å². The Hall–Kier alpha value is -0.590. The first-order chi connectivity index (χ1) is 3.79. The Morgan fingerprint density at radius 1 is 1.75 bits per heavy atom. The van der Waals surface area contributed by atoms with Crippen LogP contribution in [0.2, 0.25) is 0 Å². The van der Waals surface area contributed by atoms with Crippen LogP contribution in [0.5, 0.6) is 0 Å². The lowest BCUT2D eigenvalue weighted by molar-refractivity contribution is 0.624. The molecule has 1 rings (SSSR count). The zero-order valence-electron chi connectivity index (χ0n) is 4.89. The van der Waals surface area contributed by atoms with Crippen LogP contribution in [0, 0.1) is 5.92 Å². The predicted octanol–water partition coefficient (Wildman–Crippen LogP) is 2.44. The smallest absolute Gasteiger partial charge is 0.118 e. The van der Waals surface area contributed by atoms with Crippen LogP contribution < -0.4 is 0 Å². The largest absolute Gasteiger partial charge is 0.207 e. The minimum absolute atomic E-state index is 0.0944. The number of halogens is 1. The summed E-state index contributed by atoms with van der Waals surface area (Å²) in [7, 11) is 0. The van der Waals surface area contributed by atoms with Crippen molar-refractivity contribution < 1.29 is 4.39 Å². The first-order valence-corrected chi connectivity index (χ1v) is 2.83. The molecular weight excluding hydrogens is 103 g/mol. The van der Waals surface area contributed by atoms with E-state index in [-0.39, 0.29) is 5.83 Å². The second-order valence-corrected chi connectivity index (χ2v) is 2.16. The molecule has 0 fully saturated rings. The Kier molecular flexibility index (Phi) is 1.47. The lowest BCUT2D eigenvalue weighted by atomic mass is 10.0. The highest BCUT2D eigenvalue weighted by Gasteiger charge is 2.00. The summed E-state index contributed by atoms with van der Waals surface area (Å²) in [5.74, 6) is 0.428. The molecule has 0 saturated heterocycles. The van der Waals surface area contributed by atoms with Crippen LogP contribution >= 0.6 is 0 Å². The molecule has 0 aliphatic heterocycles. The van der Waals surface area contributed by atoms with E-state index in [1.54, 1.807) is 6.08 Å². The Labute approximate surface area is 48.7 Å². The van der Waals surface area contributed by atoms with E-state index in [0.717, 1.165) is 6.42 Å². The molecule has 0 radical (unpaired) electrons. The molecule has 1 unspecified atom stereocenters. The van der Waals surface area contributed by atoms with Crippen molar-refractivity contribution in [3.63, 3.8) is 0 Å². The number of hydrogen-bond acceptors (Lipinski definition) is 0. The molecule has 0 aromatic rings. The molecule has 8 heavy (non-hydrogen) atoms. The second-order valence-electron chi connectivity index (χ2n) is 2.16. The molecule has 0 bridgehead atoms. The molecule has 0 aromatic carbocycles. The normalized spacial score (nSPS) is 27.8. The van der Waals surface area contributed by atoms with Crippen molar-refractivity contribution in [2.24, 2.45) is 5.92 Å². The maximum absolute atomic E-state index is 12.1. The molecule has 0 aromatic heterocycles. The fourth-order valence-corrected chi connectivity index (χ4v) is 0.701. The predicted molar refractivity (Wildman–Crippen MR) is 32.1 cm³/mol. The van der Waals surface area contributed by atoms with Crippen LogP contribution in [0.3, 0.4) is 0 Å². The molecule has 0 heterocycles. The van der Waals surface area contributed by atoms with Gasteiger partial charge in [-0.1, -0.05) is 13.0 Å². The van der Waals surface area contributed by atoms with E-state index in [2.05, 4.69) is 6.92 Å². The minimum Gasteiger partial charge on any atom is -0.207 e. The van der Waals surface area contributed by atoms with E-state index in [1.807, 2.05) is 6.08 Å². The van der Waals surface area contributed by atoms with Gasteiger partial charge in [-0.05, 0) is 24.5 Å². The first kappa shape index (κ1) is 5.54. The molecule has 0 amide bonds. The summed E-state index contributed by atoms with van der Waals surface area (Å²) >= 11 is 0. The van der Waals surface area contributed by atoms with Gasteiger partial charge < -0.3 is 0 Å². The SMILES string of the molecule is CC1C=CC(F)=CC1. The third kappa shape index (κ3) is 1.19. The van der Waals surface area contributed by atoms with Crippen LogP contribution in [-0.4, -0.2) is 0 Å². The van der Waals surface area contributed by atoms with Gasteiger partial charge in [0, 0.05) is 0 Å². The highest BCUT2D eigenvalue weighted by atomic mass is 19.1. The van der Waals surface area contributed by atoms with Crippen LogP contribution in [-0.2, 0) is 0 Å². The van der Waals surface area contributed by atoms with E-state index in [0.29, 0.717) is 5.92 Å². The summed E-state index contributed by atoms with van der Waals surface area (Å²) in [6, 6.07) is 0. The fourth-order valence-electron chi connectivity index (χ4n) is 0.701. The van der Waals surface area contributed by atoms with Gasteiger partial charge in [0.15, 0.2) is 0 Å². The number of rotatable bonds is 0. The molecule has 0 N–H and O–H groups in total. The molecule has 1 aliphatic carbocycles. The summed E-state index contributed by atoms with van der Waals surface area (Å²) in [4.78, 5) is 0. The molecule has 44 valence electrons. The lowest BCUT2D eigenvalue weighted by Crippen LogP contribution is -1.90. The maximum atomic E-state index is 12.1. The summed E-state index contributed by atoms with van der Waals surface area (Å²) < 4.78 is 12.1. The average Bonchev–Trinajstić information content (AvgIpc) is 1.77. The van der Waals surface area contributed by atoms with Crippen molar-refractivity contribution in [2.45, 2.75) is 13.3 Å². The standard InChI is InChI=1S/C7H9F/c1-6-2-4-7(8)5-3-6/h2,4-6H,3H2,1H3. The van der Waals surface area contributed by atoms with Crippen molar-refractivity contribution in [1.29, 1.82) is 0 Å². The topological polar surface area (TPSA) is 0 Å². The third-order valence-corrected chi connectivity index (χ3v) is 1.27. The van der Waals surface area contributed by atoms with Gasteiger partial charge in [-0.3, -0.25) is 0 Å². The van der Waals surface area contributed by atoms with Crippen molar-refractivity contribution in [3.8, 4) is 0 Å². The number of allylic oxidation sites excluding steroid dienone is 4. The Morgan fingerprint density at radius 3 is 2.88 bits per heavy atom. The van der Waals surface area contributed by atoms with Crippen molar-refractivity contribution in [1.82, 2.24) is 0 Å². The van der Waals surface area contributed by atoms with E-state index >= 15 is 0 Å². The Bertz CT molecular complexity index is 133. The molecule has 1 aliphatic rings. The van der Waals surface area contributed by atoms with E-state index in [4.69, 9.17) is 0 Å². The molecule has 0 saturated carbocycles. The van der Waals surface area contributed by atoms with Gasteiger partial charge in [0.1, 0.15) is 5.83 Å². The van der Waals surface area contributed by atoms with Gasteiger partial charge in [-0.15, -0.1) is 0 Å². The van der Waals surface area contributed by atoms with Gasteiger partial charge in [0.05, 0.1) is 0 Å². The van der Waals surface area contributed by atoms with Gasteiger partial charge in [0.25, 0.3) is 0 Å². The molecule has 0 nitrogen and oxygen atoms in total. The Balaban J connectivity index is 2.58. The molecular formula is C7H9F. The van der Waals surface area contributed by atoms with Gasteiger partial charge >= 0.3 is 0 Å². The summed E-state index contributed by atoms with van der Waals surface area (Å²) in [5.41, 5.74) is 0. The van der Waals surface area contributed by atoms with Crippen LogP contribution in [0.15, 0.2) is 24.1 Å². The van der Waals surface area contributed by atoms with Crippen LogP contribution in [0.25, 0.3) is 0 Å². The van der Waals surface area contributed by atoms with Gasteiger partial charge in [-0.2, -0.15) is 0 Å². The van der Waals surface area contributed by atoms with E-state index < -0.39 is 0 Å². The van der Waals surface area contributed by atoms with Crippen LogP contribution in [0.4, 0.5) is 4.39 Å². The van der Waals surface area contributed by atoms with Gasteiger partial charge in [0.2, 0.25) is 0 Å². The zero-order chi connectivity index (χ0) is 5.98. The fraction of sp³-hybridized carbons (Fsp3) is 0.429. The average molecular weight is 112 g/mol. The molecule has 0 spiro atoms. The summed E-state index contributed by atoms with van der Waals surface area (Å²) in [5, 5.41) is 0. The maximum Gasteiger partial charge on any atom is 0.118 e. The van der Waals surface area contributed by atoms with E-state index in [9.17, 15) is 4.39 Å². The van der Waals surface area contributed by atoms with Crippen LogP contribution in [0.1, 0.15) is 13.3 Å². The lowest BCUT2D eigenvalue weighted by Gasteiger charge is -2.04. The molecule has 1 atom stereocenters. The van der Waals surface area contributed by atoms with Crippen molar-refractivity contribution >= 4 is 0 Å². The zero-order valence-corrected chi connectivity index (χ0v) is 4.89. The summed E-state index contributed by atoms with van der Waals surface area (Å²) in [6.07, 6.45) is 5.87. The Morgan fingerprint density at radius 2 is 2.50 bits per heavy atom. The molecule has 1 heteroatoms.